The molecule has 1 rings (SSSR count). The minimum absolute atomic E-state index is 0.0717. The second-order valence-electron chi connectivity index (χ2n) is 6.08. The molecule has 0 aliphatic carbocycles. The molecule has 4 heteroatoms. The molecule has 0 bridgehead atoms. The fraction of sp³-hybridized carbons (Fsp3) is 0.588. The summed E-state index contributed by atoms with van der Waals surface area (Å²) in [5, 5.41) is 6.08. The third kappa shape index (κ3) is 8.48. The molecule has 0 aliphatic rings. The molecule has 1 aromatic carbocycles. The SMILES string of the molecule is CNC(=O)CCCOCC(C)(C)CNCc1ccccc1. The topological polar surface area (TPSA) is 50.4 Å². The summed E-state index contributed by atoms with van der Waals surface area (Å²) in [7, 11) is 1.66. The molecule has 0 radical (unpaired) electrons. The van der Waals surface area contributed by atoms with E-state index in [1.165, 1.54) is 5.56 Å². The van der Waals surface area contributed by atoms with E-state index in [0.29, 0.717) is 19.6 Å². The second-order valence-corrected chi connectivity index (χ2v) is 6.08. The third-order valence-electron chi connectivity index (χ3n) is 3.24. The largest absolute Gasteiger partial charge is 0.381 e. The van der Waals surface area contributed by atoms with Gasteiger partial charge in [-0.05, 0) is 12.0 Å². The van der Waals surface area contributed by atoms with Crippen LogP contribution in [0.5, 0.6) is 0 Å². The van der Waals surface area contributed by atoms with Gasteiger partial charge in [0.25, 0.3) is 0 Å². The summed E-state index contributed by atoms with van der Waals surface area (Å²) in [5.74, 6) is 0.0717. The van der Waals surface area contributed by atoms with E-state index in [-0.39, 0.29) is 11.3 Å². The Hall–Kier alpha value is -1.39. The number of rotatable bonds is 10. The molecule has 0 aromatic heterocycles. The summed E-state index contributed by atoms with van der Waals surface area (Å²) in [4.78, 5) is 11.1. The number of hydrogen-bond acceptors (Lipinski definition) is 3. The van der Waals surface area contributed by atoms with Crippen LogP contribution in [0.4, 0.5) is 0 Å². The standard InChI is InChI=1S/C17H28N2O2/c1-17(2,14-21-11-7-10-16(20)18-3)13-19-12-15-8-5-4-6-9-15/h4-6,8-9,19H,7,10-14H2,1-3H3,(H,18,20). The maximum atomic E-state index is 11.1. The summed E-state index contributed by atoms with van der Waals surface area (Å²) in [6.07, 6.45) is 1.30. The maximum absolute atomic E-state index is 11.1. The van der Waals surface area contributed by atoms with Gasteiger partial charge in [0.15, 0.2) is 0 Å². The Morgan fingerprint density at radius 2 is 1.95 bits per heavy atom. The van der Waals surface area contributed by atoms with Gasteiger partial charge in [-0.2, -0.15) is 0 Å². The summed E-state index contributed by atoms with van der Waals surface area (Å²) in [5.41, 5.74) is 1.38. The lowest BCUT2D eigenvalue weighted by Gasteiger charge is -2.25. The van der Waals surface area contributed by atoms with Gasteiger partial charge >= 0.3 is 0 Å². The van der Waals surface area contributed by atoms with Crippen molar-refractivity contribution in [1.82, 2.24) is 10.6 Å². The number of nitrogens with one attached hydrogen (secondary N) is 2. The summed E-state index contributed by atoms with van der Waals surface area (Å²) < 4.78 is 5.68. The van der Waals surface area contributed by atoms with E-state index in [2.05, 4.69) is 48.7 Å². The van der Waals surface area contributed by atoms with E-state index >= 15 is 0 Å². The van der Waals surface area contributed by atoms with E-state index in [9.17, 15) is 4.79 Å². The van der Waals surface area contributed by atoms with Gasteiger partial charge in [0, 0.05) is 38.6 Å². The van der Waals surface area contributed by atoms with Crippen molar-refractivity contribution in [2.45, 2.75) is 33.2 Å². The highest BCUT2D eigenvalue weighted by atomic mass is 16.5. The monoisotopic (exact) mass is 292 g/mol. The Labute approximate surface area is 128 Å². The average Bonchev–Trinajstić information content (AvgIpc) is 2.47. The van der Waals surface area contributed by atoms with E-state index in [1.54, 1.807) is 7.05 Å². The Kier molecular flexibility index (Phi) is 8.01. The summed E-state index contributed by atoms with van der Waals surface area (Å²) in [6, 6.07) is 10.4. The quantitative estimate of drug-likeness (QED) is 0.651. The first kappa shape index (κ1) is 17.7. The van der Waals surface area contributed by atoms with Gasteiger partial charge < -0.3 is 15.4 Å². The minimum Gasteiger partial charge on any atom is -0.381 e. The van der Waals surface area contributed by atoms with Crippen molar-refractivity contribution < 1.29 is 9.53 Å². The zero-order chi connectivity index (χ0) is 15.6. The first-order valence-corrected chi connectivity index (χ1v) is 7.56. The van der Waals surface area contributed by atoms with Crippen LogP contribution in [0.15, 0.2) is 30.3 Å². The molecule has 0 atom stereocenters. The molecule has 4 nitrogen and oxygen atoms in total. The molecule has 0 heterocycles. The first-order chi connectivity index (χ1) is 10.0. The van der Waals surface area contributed by atoms with Crippen LogP contribution in [0, 0.1) is 5.41 Å². The predicted molar refractivity (Wildman–Crippen MR) is 86.0 cm³/mol. The van der Waals surface area contributed by atoms with Crippen molar-refractivity contribution >= 4 is 5.91 Å². The molecule has 1 amide bonds. The molecule has 0 unspecified atom stereocenters. The van der Waals surface area contributed by atoms with Crippen molar-refractivity contribution in [3.05, 3.63) is 35.9 Å². The highest BCUT2D eigenvalue weighted by Gasteiger charge is 2.17. The molecule has 0 saturated heterocycles. The van der Waals surface area contributed by atoms with Crippen molar-refractivity contribution in [1.29, 1.82) is 0 Å². The smallest absolute Gasteiger partial charge is 0.219 e. The lowest BCUT2D eigenvalue weighted by Crippen LogP contribution is -2.33. The molecule has 1 aromatic rings. The van der Waals surface area contributed by atoms with E-state index < -0.39 is 0 Å². The zero-order valence-corrected chi connectivity index (χ0v) is 13.4. The van der Waals surface area contributed by atoms with Gasteiger partial charge in [0.2, 0.25) is 5.91 Å². The molecule has 0 spiro atoms. The minimum atomic E-state index is 0.0717. The van der Waals surface area contributed by atoms with Crippen molar-refractivity contribution in [3.63, 3.8) is 0 Å². The van der Waals surface area contributed by atoms with Gasteiger partial charge in [0.1, 0.15) is 0 Å². The van der Waals surface area contributed by atoms with Crippen LogP contribution in [-0.4, -0.2) is 32.7 Å². The van der Waals surface area contributed by atoms with Crippen LogP contribution in [-0.2, 0) is 16.1 Å². The Balaban J connectivity index is 2.11. The number of benzene rings is 1. The van der Waals surface area contributed by atoms with E-state index in [0.717, 1.165) is 19.5 Å². The van der Waals surface area contributed by atoms with E-state index in [4.69, 9.17) is 4.74 Å². The molecular formula is C17H28N2O2. The molecule has 118 valence electrons. The number of amides is 1. The van der Waals surface area contributed by atoms with Crippen molar-refractivity contribution in [2.24, 2.45) is 5.41 Å². The number of hydrogen-bond donors (Lipinski definition) is 2. The predicted octanol–water partition coefficient (Wildman–Crippen LogP) is 2.35. The van der Waals surface area contributed by atoms with Gasteiger partial charge in [-0.25, -0.2) is 0 Å². The van der Waals surface area contributed by atoms with Crippen molar-refractivity contribution in [3.8, 4) is 0 Å². The van der Waals surface area contributed by atoms with E-state index in [1.807, 2.05) is 6.07 Å². The lowest BCUT2D eigenvalue weighted by molar-refractivity contribution is -0.121. The number of carbonyl (C=O) groups is 1. The van der Waals surface area contributed by atoms with Crippen LogP contribution in [0.25, 0.3) is 0 Å². The highest BCUT2D eigenvalue weighted by Crippen LogP contribution is 2.14. The maximum Gasteiger partial charge on any atom is 0.219 e. The van der Waals surface area contributed by atoms with Crippen LogP contribution >= 0.6 is 0 Å². The van der Waals surface area contributed by atoms with Gasteiger partial charge in [0.05, 0.1) is 6.61 Å². The lowest BCUT2D eigenvalue weighted by atomic mass is 9.95. The number of carbonyl (C=O) groups excluding carboxylic acids is 1. The van der Waals surface area contributed by atoms with Gasteiger partial charge in [-0.1, -0.05) is 44.2 Å². The molecular weight excluding hydrogens is 264 g/mol. The number of ether oxygens (including phenoxy) is 1. The van der Waals surface area contributed by atoms with Crippen LogP contribution in [0.1, 0.15) is 32.3 Å². The summed E-state index contributed by atoms with van der Waals surface area (Å²) >= 11 is 0. The van der Waals surface area contributed by atoms with Crippen LogP contribution in [0.2, 0.25) is 0 Å². The van der Waals surface area contributed by atoms with Crippen LogP contribution < -0.4 is 10.6 Å². The Morgan fingerprint density at radius 1 is 1.24 bits per heavy atom. The second kappa shape index (κ2) is 9.53. The zero-order valence-electron chi connectivity index (χ0n) is 13.4. The molecule has 2 N–H and O–H groups in total. The van der Waals surface area contributed by atoms with Gasteiger partial charge in [-0.3, -0.25) is 4.79 Å². The highest BCUT2D eigenvalue weighted by molar-refractivity contribution is 5.75. The molecule has 0 saturated carbocycles. The summed E-state index contributed by atoms with van der Waals surface area (Å²) in [6.45, 7) is 7.48. The molecule has 21 heavy (non-hydrogen) atoms. The van der Waals surface area contributed by atoms with Crippen molar-refractivity contribution in [2.75, 3.05) is 26.8 Å². The fourth-order valence-electron chi connectivity index (χ4n) is 2.00. The third-order valence-corrected chi connectivity index (χ3v) is 3.24. The Bertz CT molecular complexity index is 405. The van der Waals surface area contributed by atoms with Crippen LogP contribution in [0.3, 0.4) is 0 Å². The molecule has 0 fully saturated rings. The Morgan fingerprint density at radius 3 is 2.62 bits per heavy atom. The average molecular weight is 292 g/mol. The fourth-order valence-corrected chi connectivity index (χ4v) is 2.00. The first-order valence-electron chi connectivity index (χ1n) is 7.56. The normalized spacial score (nSPS) is 11.4. The van der Waals surface area contributed by atoms with Gasteiger partial charge in [-0.15, -0.1) is 0 Å². The molecule has 0 aliphatic heterocycles.